The van der Waals surface area contributed by atoms with Crippen molar-refractivity contribution in [2.75, 3.05) is 7.11 Å². The number of amides is 1. The first-order valence-corrected chi connectivity index (χ1v) is 9.05. The van der Waals surface area contributed by atoms with Crippen LogP contribution in [0, 0.1) is 5.92 Å². The zero-order chi connectivity index (χ0) is 20.7. The lowest BCUT2D eigenvalue weighted by Crippen LogP contribution is -2.19. The number of nitrogens with zero attached hydrogens (tertiary/aromatic N) is 2. The number of hydrogen-bond donors (Lipinski definition) is 0. The van der Waals surface area contributed by atoms with Gasteiger partial charge in [0.25, 0.3) is 5.91 Å². The van der Waals surface area contributed by atoms with E-state index < -0.39 is 17.6 Å². The van der Waals surface area contributed by atoms with Gasteiger partial charge in [0.15, 0.2) is 5.49 Å². The first kappa shape index (κ1) is 20.2. The molecular formula is C20H23F3N2O3. The number of hydrogen-bond acceptors (Lipinski definition) is 3. The summed E-state index contributed by atoms with van der Waals surface area (Å²) in [4.78, 5) is 16.8. The number of carbonyl (C=O) groups is 1. The summed E-state index contributed by atoms with van der Waals surface area (Å²) < 4.78 is 51.6. The molecule has 1 aromatic heterocycles. The van der Waals surface area contributed by atoms with Crippen LogP contribution in [0.25, 0.3) is 0 Å². The predicted molar refractivity (Wildman–Crippen MR) is 96.0 cm³/mol. The monoisotopic (exact) mass is 396 g/mol. The van der Waals surface area contributed by atoms with Crippen molar-refractivity contribution in [3.05, 3.63) is 46.6 Å². The van der Waals surface area contributed by atoms with Gasteiger partial charge in [-0.05, 0) is 37.0 Å². The van der Waals surface area contributed by atoms with Crippen molar-refractivity contribution in [3.63, 3.8) is 0 Å². The maximum atomic E-state index is 13.0. The Labute approximate surface area is 160 Å². The highest BCUT2D eigenvalue weighted by molar-refractivity contribution is 5.97. The highest BCUT2D eigenvalue weighted by Gasteiger charge is 2.32. The fourth-order valence-electron chi connectivity index (χ4n) is 2.70. The molecule has 0 saturated heterocycles. The lowest BCUT2D eigenvalue weighted by Gasteiger charge is -2.13. The van der Waals surface area contributed by atoms with Crippen LogP contribution < -0.4 is 10.2 Å². The lowest BCUT2D eigenvalue weighted by molar-refractivity contribution is -0.137. The van der Waals surface area contributed by atoms with Gasteiger partial charge in [-0.15, -0.1) is 0 Å². The summed E-state index contributed by atoms with van der Waals surface area (Å²) >= 11 is 0. The number of benzene rings is 1. The van der Waals surface area contributed by atoms with Crippen molar-refractivity contribution < 1.29 is 27.2 Å². The Morgan fingerprint density at radius 3 is 2.46 bits per heavy atom. The number of carbonyl (C=O) groups excluding carboxylic acids is 1. The van der Waals surface area contributed by atoms with Gasteiger partial charge in [-0.3, -0.25) is 4.79 Å². The molecule has 1 aliphatic rings. The van der Waals surface area contributed by atoms with Gasteiger partial charge in [0.05, 0.1) is 24.8 Å². The van der Waals surface area contributed by atoms with Crippen molar-refractivity contribution in [3.8, 4) is 5.75 Å². The Morgan fingerprint density at radius 2 is 1.93 bits per heavy atom. The van der Waals surface area contributed by atoms with E-state index in [1.165, 1.54) is 7.11 Å². The Bertz CT molecular complexity index is 945. The molecule has 1 saturated carbocycles. The fraction of sp³-hybridized carbons (Fsp3) is 0.500. The molecule has 0 bridgehead atoms. The van der Waals surface area contributed by atoms with Crippen LogP contribution in [0.1, 0.15) is 55.3 Å². The fourth-order valence-corrected chi connectivity index (χ4v) is 2.70. The molecule has 1 aliphatic carbocycles. The molecule has 1 heterocycles. The zero-order valence-electron chi connectivity index (χ0n) is 16.3. The van der Waals surface area contributed by atoms with Crippen LogP contribution >= 0.6 is 0 Å². The smallest absolute Gasteiger partial charge is 0.416 e. The Hall–Kier alpha value is -2.51. The topological polar surface area (TPSA) is 56.7 Å². The molecule has 0 aliphatic heterocycles. The Morgan fingerprint density at radius 1 is 1.25 bits per heavy atom. The standard InChI is InChI=1S/C20H23F3N2O3/c1-19(2,3)16-10-17(25(28-16)11-12-5-6-12)24-18(26)14-9-13(20(21,22)23)7-8-15(14)27-4/h7-10,12H,5-6,11H2,1-4H3. The molecule has 28 heavy (non-hydrogen) atoms. The minimum Gasteiger partial charge on any atom is -0.496 e. The average molecular weight is 396 g/mol. The summed E-state index contributed by atoms with van der Waals surface area (Å²) in [7, 11) is 1.29. The second kappa shape index (κ2) is 7.14. The van der Waals surface area contributed by atoms with Crippen LogP contribution in [0.5, 0.6) is 5.75 Å². The van der Waals surface area contributed by atoms with Crippen molar-refractivity contribution in [2.24, 2.45) is 10.9 Å². The number of halogens is 3. The maximum Gasteiger partial charge on any atom is 0.416 e. The lowest BCUT2D eigenvalue weighted by atomic mass is 9.94. The third-order valence-corrected chi connectivity index (χ3v) is 4.56. The maximum absolute atomic E-state index is 13.0. The number of ether oxygens (including phenoxy) is 1. The van der Waals surface area contributed by atoms with Crippen molar-refractivity contribution >= 4 is 5.91 Å². The van der Waals surface area contributed by atoms with Gasteiger partial charge in [-0.2, -0.15) is 22.9 Å². The van der Waals surface area contributed by atoms with E-state index in [0.29, 0.717) is 23.7 Å². The highest BCUT2D eigenvalue weighted by atomic mass is 19.4. The van der Waals surface area contributed by atoms with Crippen LogP contribution in [0.15, 0.2) is 33.8 Å². The molecule has 1 aromatic carbocycles. The van der Waals surface area contributed by atoms with E-state index in [0.717, 1.165) is 31.0 Å². The molecule has 0 atom stereocenters. The van der Waals surface area contributed by atoms with Gasteiger partial charge >= 0.3 is 6.18 Å². The first-order chi connectivity index (χ1) is 13.0. The molecule has 0 unspecified atom stereocenters. The van der Waals surface area contributed by atoms with E-state index in [1.807, 2.05) is 20.8 Å². The van der Waals surface area contributed by atoms with Crippen molar-refractivity contribution in [2.45, 2.75) is 51.7 Å². The number of alkyl halides is 3. The third kappa shape index (κ3) is 4.48. The van der Waals surface area contributed by atoms with Gasteiger partial charge in [-0.25, -0.2) is 0 Å². The molecule has 0 N–H and O–H groups in total. The van der Waals surface area contributed by atoms with E-state index in [-0.39, 0.29) is 16.7 Å². The second-order valence-electron chi connectivity index (χ2n) is 8.04. The normalized spacial score (nSPS) is 15.8. The van der Waals surface area contributed by atoms with Crippen LogP contribution in [-0.2, 0) is 18.1 Å². The van der Waals surface area contributed by atoms with Gasteiger partial charge < -0.3 is 9.26 Å². The van der Waals surface area contributed by atoms with E-state index in [4.69, 9.17) is 9.26 Å². The molecule has 8 heteroatoms. The van der Waals surface area contributed by atoms with E-state index in [1.54, 1.807) is 10.8 Å². The van der Waals surface area contributed by atoms with Gasteiger partial charge in [0.2, 0.25) is 0 Å². The molecular weight excluding hydrogens is 373 g/mol. The van der Waals surface area contributed by atoms with Crippen molar-refractivity contribution in [1.82, 2.24) is 4.74 Å². The molecule has 0 radical (unpaired) electrons. The SMILES string of the molecule is COc1ccc(C(F)(F)F)cc1C(=O)N=c1cc(C(C)(C)C)on1CC1CC1. The molecule has 3 rings (SSSR count). The number of aromatic nitrogens is 1. The van der Waals surface area contributed by atoms with Gasteiger partial charge in [0.1, 0.15) is 11.5 Å². The molecule has 152 valence electrons. The third-order valence-electron chi connectivity index (χ3n) is 4.56. The molecule has 1 amide bonds. The minimum absolute atomic E-state index is 0.0371. The van der Waals surface area contributed by atoms with Gasteiger partial charge in [-0.1, -0.05) is 20.8 Å². The van der Waals surface area contributed by atoms with E-state index in [2.05, 4.69) is 4.99 Å². The van der Waals surface area contributed by atoms with Crippen molar-refractivity contribution in [1.29, 1.82) is 0 Å². The van der Waals surface area contributed by atoms with Crippen LogP contribution in [0.3, 0.4) is 0 Å². The number of rotatable bonds is 4. The van der Waals surface area contributed by atoms with E-state index >= 15 is 0 Å². The molecule has 1 fully saturated rings. The first-order valence-electron chi connectivity index (χ1n) is 9.05. The molecule has 2 aromatic rings. The van der Waals surface area contributed by atoms with Crippen LogP contribution in [-0.4, -0.2) is 17.8 Å². The van der Waals surface area contributed by atoms with Crippen LogP contribution in [0.2, 0.25) is 0 Å². The zero-order valence-corrected chi connectivity index (χ0v) is 16.3. The summed E-state index contributed by atoms with van der Waals surface area (Å²) in [6.07, 6.45) is -2.41. The highest BCUT2D eigenvalue weighted by Crippen LogP contribution is 2.33. The summed E-state index contributed by atoms with van der Waals surface area (Å²) in [5, 5.41) is 0. The van der Waals surface area contributed by atoms with E-state index in [9.17, 15) is 18.0 Å². The second-order valence-corrected chi connectivity index (χ2v) is 8.04. The quantitative estimate of drug-likeness (QED) is 0.761. The summed E-state index contributed by atoms with van der Waals surface area (Å²) in [5.41, 5.74) is -1.17. The van der Waals surface area contributed by atoms with Crippen LogP contribution in [0.4, 0.5) is 13.2 Å². The summed E-state index contributed by atoms with van der Waals surface area (Å²) in [5.74, 6) is 0.343. The average Bonchev–Trinajstić information content (AvgIpc) is 3.32. The Kier molecular flexibility index (Phi) is 5.16. The summed E-state index contributed by atoms with van der Waals surface area (Å²) in [6.45, 7) is 6.49. The summed E-state index contributed by atoms with van der Waals surface area (Å²) in [6, 6.07) is 4.43. The number of methoxy groups -OCH3 is 1. The largest absolute Gasteiger partial charge is 0.496 e. The molecule has 5 nitrogen and oxygen atoms in total. The Balaban J connectivity index is 2.06. The predicted octanol–water partition coefficient (Wildman–Crippen LogP) is 4.56. The minimum atomic E-state index is -4.57. The van der Waals surface area contributed by atoms with Gasteiger partial charge in [0, 0.05) is 11.5 Å². The molecule has 0 spiro atoms.